The summed E-state index contributed by atoms with van der Waals surface area (Å²) in [5, 5.41) is 13.5. The highest BCUT2D eigenvalue weighted by atomic mass is 32.1. The number of hydrogen-bond acceptors (Lipinski definition) is 9. The van der Waals surface area contributed by atoms with E-state index in [2.05, 4.69) is 15.0 Å². The molecule has 0 aliphatic heterocycles. The molecule has 0 spiro atoms. The van der Waals surface area contributed by atoms with Gasteiger partial charge in [0.15, 0.2) is 5.13 Å². The molecule has 0 unspecified atom stereocenters. The van der Waals surface area contributed by atoms with Crippen molar-refractivity contribution in [1.82, 2.24) is 4.98 Å². The SMILES string of the molecule is CCOC(=O)c1cc(C(=O)Nc2ncc(C(=O)OC)s2)cc([N+](=O)[O-])c1. The molecule has 1 aromatic carbocycles. The average Bonchev–Trinajstić information content (AvgIpc) is 3.09. The van der Waals surface area contributed by atoms with E-state index in [4.69, 9.17) is 4.74 Å². The quantitative estimate of drug-likeness (QED) is 0.458. The van der Waals surface area contributed by atoms with Gasteiger partial charge in [-0.15, -0.1) is 0 Å². The summed E-state index contributed by atoms with van der Waals surface area (Å²) in [4.78, 5) is 49.9. The van der Waals surface area contributed by atoms with E-state index in [1.807, 2.05) is 0 Å². The lowest BCUT2D eigenvalue weighted by molar-refractivity contribution is -0.384. The lowest BCUT2D eigenvalue weighted by Crippen LogP contribution is -2.14. The molecular weight excluding hydrogens is 366 g/mol. The summed E-state index contributed by atoms with van der Waals surface area (Å²) < 4.78 is 9.34. The van der Waals surface area contributed by atoms with Gasteiger partial charge < -0.3 is 9.47 Å². The summed E-state index contributed by atoms with van der Waals surface area (Å²) in [5.74, 6) is -2.12. The van der Waals surface area contributed by atoms with Gasteiger partial charge in [-0.2, -0.15) is 0 Å². The van der Waals surface area contributed by atoms with Crippen LogP contribution in [0.5, 0.6) is 0 Å². The van der Waals surface area contributed by atoms with Gasteiger partial charge in [0.25, 0.3) is 11.6 Å². The Bertz CT molecular complexity index is 878. The molecule has 1 amide bonds. The van der Waals surface area contributed by atoms with Crippen LogP contribution in [0.25, 0.3) is 0 Å². The molecule has 0 saturated heterocycles. The molecule has 2 aromatic rings. The van der Waals surface area contributed by atoms with Crippen LogP contribution in [0.1, 0.15) is 37.3 Å². The van der Waals surface area contributed by atoms with Gasteiger partial charge in [0.1, 0.15) is 4.88 Å². The molecule has 0 aliphatic rings. The third-order valence-electron chi connectivity index (χ3n) is 3.01. The van der Waals surface area contributed by atoms with E-state index in [0.29, 0.717) is 0 Å². The Morgan fingerprint density at radius 3 is 2.54 bits per heavy atom. The van der Waals surface area contributed by atoms with E-state index in [9.17, 15) is 24.5 Å². The predicted octanol–water partition coefficient (Wildman–Crippen LogP) is 2.27. The number of amides is 1. The second-order valence-electron chi connectivity index (χ2n) is 4.72. The number of carbonyl (C=O) groups is 3. The summed E-state index contributed by atoms with van der Waals surface area (Å²) in [6, 6.07) is 3.22. The topological polar surface area (TPSA) is 138 Å². The number of esters is 2. The van der Waals surface area contributed by atoms with Crippen molar-refractivity contribution in [1.29, 1.82) is 0 Å². The van der Waals surface area contributed by atoms with Crippen molar-refractivity contribution < 1.29 is 28.8 Å². The zero-order valence-corrected chi connectivity index (χ0v) is 14.5. The molecule has 1 heterocycles. The standard InChI is InChI=1S/C15H13N3O7S/c1-3-25-13(20)9-4-8(5-10(6-9)18(22)23)12(19)17-15-16-7-11(26-15)14(21)24-2/h4-7H,3H2,1-2H3,(H,16,17,19). The van der Waals surface area contributed by atoms with Crippen LogP contribution in [0.3, 0.4) is 0 Å². The van der Waals surface area contributed by atoms with Crippen LogP contribution in [0.15, 0.2) is 24.4 Å². The number of thiazole rings is 1. The predicted molar refractivity (Wildman–Crippen MR) is 90.5 cm³/mol. The molecule has 26 heavy (non-hydrogen) atoms. The first kappa shape index (κ1) is 19.0. The van der Waals surface area contributed by atoms with E-state index in [0.717, 1.165) is 23.5 Å². The Hall–Kier alpha value is -3.34. The lowest BCUT2D eigenvalue weighted by atomic mass is 10.1. The van der Waals surface area contributed by atoms with Gasteiger partial charge >= 0.3 is 11.9 Å². The smallest absolute Gasteiger partial charge is 0.349 e. The number of rotatable bonds is 6. The van der Waals surface area contributed by atoms with Gasteiger partial charge in [-0.25, -0.2) is 14.6 Å². The highest BCUT2D eigenvalue weighted by Crippen LogP contribution is 2.22. The fourth-order valence-corrected chi connectivity index (χ4v) is 2.61. The fourth-order valence-electron chi connectivity index (χ4n) is 1.88. The monoisotopic (exact) mass is 379 g/mol. The van der Waals surface area contributed by atoms with Crippen LogP contribution in [-0.4, -0.2) is 41.5 Å². The molecule has 0 fully saturated rings. The van der Waals surface area contributed by atoms with Crippen molar-refractivity contribution in [3.8, 4) is 0 Å². The Balaban J connectivity index is 2.29. The van der Waals surface area contributed by atoms with Gasteiger partial charge in [0.05, 0.1) is 30.4 Å². The fraction of sp³-hybridized carbons (Fsp3) is 0.200. The van der Waals surface area contributed by atoms with Crippen molar-refractivity contribution >= 4 is 40.0 Å². The zero-order chi connectivity index (χ0) is 19.3. The number of carbonyl (C=O) groups excluding carboxylic acids is 3. The highest BCUT2D eigenvalue weighted by molar-refractivity contribution is 7.17. The molecule has 0 atom stereocenters. The van der Waals surface area contributed by atoms with E-state index >= 15 is 0 Å². The number of hydrogen-bond donors (Lipinski definition) is 1. The first-order valence-corrected chi connectivity index (χ1v) is 7.99. The van der Waals surface area contributed by atoms with Gasteiger partial charge in [-0.3, -0.25) is 20.2 Å². The number of aromatic nitrogens is 1. The van der Waals surface area contributed by atoms with Crippen molar-refractivity contribution in [2.75, 3.05) is 19.0 Å². The lowest BCUT2D eigenvalue weighted by Gasteiger charge is -2.06. The highest BCUT2D eigenvalue weighted by Gasteiger charge is 2.20. The summed E-state index contributed by atoms with van der Waals surface area (Å²) in [5.41, 5.74) is -0.687. The maximum absolute atomic E-state index is 12.3. The Labute approximate surface area is 150 Å². The molecule has 1 N–H and O–H groups in total. The first-order chi connectivity index (χ1) is 12.3. The number of nitrogens with zero attached hydrogens (tertiary/aromatic N) is 2. The van der Waals surface area contributed by atoms with E-state index < -0.39 is 28.5 Å². The molecule has 0 radical (unpaired) electrons. The van der Waals surface area contributed by atoms with Crippen LogP contribution in [0.4, 0.5) is 10.8 Å². The number of methoxy groups -OCH3 is 1. The molecule has 11 heteroatoms. The number of anilines is 1. The van der Waals surface area contributed by atoms with Crippen molar-refractivity contribution in [2.24, 2.45) is 0 Å². The molecule has 0 bridgehead atoms. The molecule has 0 saturated carbocycles. The summed E-state index contributed by atoms with van der Waals surface area (Å²) in [6.07, 6.45) is 1.23. The molecule has 0 aliphatic carbocycles. The van der Waals surface area contributed by atoms with Crippen LogP contribution < -0.4 is 5.32 Å². The van der Waals surface area contributed by atoms with Gasteiger partial charge in [-0.05, 0) is 13.0 Å². The maximum Gasteiger partial charge on any atom is 0.349 e. The van der Waals surface area contributed by atoms with Gasteiger partial charge in [0, 0.05) is 17.7 Å². The minimum absolute atomic E-state index is 0.0818. The van der Waals surface area contributed by atoms with E-state index in [-0.39, 0.29) is 27.7 Å². The van der Waals surface area contributed by atoms with E-state index in [1.165, 1.54) is 19.4 Å². The summed E-state index contributed by atoms with van der Waals surface area (Å²) >= 11 is 0.875. The average molecular weight is 379 g/mol. The van der Waals surface area contributed by atoms with Crippen molar-refractivity contribution in [3.63, 3.8) is 0 Å². The van der Waals surface area contributed by atoms with Crippen LogP contribution >= 0.6 is 11.3 Å². The molecular formula is C15H13N3O7S. The largest absolute Gasteiger partial charge is 0.465 e. The number of ether oxygens (including phenoxy) is 2. The molecule has 2 rings (SSSR count). The molecule has 1 aromatic heterocycles. The summed E-state index contributed by atoms with van der Waals surface area (Å²) in [7, 11) is 1.21. The third-order valence-corrected chi connectivity index (χ3v) is 3.91. The maximum atomic E-state index is 12.3. The summed E-state index contributed by atoms with van der Waals surface area (Å²) in [6.45, 7) is 1.67. The van der Waals surface area contributed by atoms with Crippen molar-refractivity contribution in [3.05, 3.63) is 50.5 Å². The Morgan fingerprint density at radius 2 is 1.92 bits per heavy atom. The zero-order valence-electron chi connectivity index (χ0n) is 13.7. The minimum Gasteiger partial charge on any atom is -0.465 e. The minimum atomic E-state index is -0.785. The number of nitro benzene ring substituents is 1. The Morgan fingerprint density at radius 1 is 1.23 bits per heavy atom. The van der Waals surface area contributed by atoms with Crippen LogP contribution in [0, 0.1) is 10.1 Å². The van der Waals surface area contributed by atoms with Gasteiger partial charge in [0.2, 0.25) is 0 Å². The van der Waals surface area contributed by atoms with E-state index in [1.54, 1.807) is 6.92 Å². The van der Waals surface area contributed by atoms with Crippen molar-refractivity contribution in [2.45, 2.75) is 6.92 Å². The Kier molecular flexibility index (Phi) is 5.96. The second kappa shape index (κ2) is 8.16. The number of non-ortho nitro benzene ring substituents is 1. The third kappa shape index (κ3) is 4.39. The van der Waals surface area contributed by atoms with Crippen LogP contribution in [0.2, 0.25) is 0 Å². The number of benzene rings is 1. The molecule has 136 valence electrons. The van der Waals surface area contributed by atoms with Gasteiger partial charge in [-0.1, -0.05) is 11.3 Å². The normalized spacial score (nSPS) is 10.1. The molecule has 10 nitrogen and oxygen atoms in total. The number of nitrogens with one attached hydrogen (secondary N) is 1. The number of nitro groups is 1. The van der Waals surface area contributed by atoms with Crippen LogP contribution in [-0.2, 0) is 9.47 Å². The second-order valence-corrected chi connectivity index (χ2v) is 5.75. The first-order valence-electron chi connectivity index (χ1n) is 7.17.